The van der Waals surface area contributed by atoms with Crippen molar-refractivity contribution >= 4 is 33.7 Å². The third-order valence-electron chi connectivity index (χ3n) is 3.41. The molecule has 2 aromatic heterocycles. The molecule has 0 fully saturated rings. The number of furan rings is 1. The first-order chi connectivity index (χ1) is 11.7. The minimum Gasteiger partial charge on any atom is -0.462 e. The van der Waals surface area contributed by atoms with Gasteiger partial charge in [-0.1, -0.05) is 11.6 Å². The average Bonchev–Trinajstić information content (AvgIpc) is 3.28. The molecule has 5 nitrogen and oxygen atoms in total. The van der Waals surface area contributed by atoms with E-state index in [1.54, 1.807) is 12.3 Å². The molecule has 0 unspecified atom stereocenters. The summed E-state index contributed by atoms with van der Waals surface area (Å²) in [6, 6.07) is 7.26. The van der Waals surface area contributed by atoms with Crippen LogP contribution in [0.15, 0.2) is 40.3 Å². The first kappa shape index (κ1) is 15.7. The van der Waals surface area contributed by atoms with Gasteiger partial charge in [-0.2, -0.15) is 0 Å². The minimum atomic E-state index is -1.10. The third kappa shape index (κ3) is 3.19. The molecule has 24 heavy (non-hydrogen) atoms. The maximum Gasteiger partial charge on any atom is 0.231 e. The lowest BCUT2D eigenvalue weighted by molar-refractivity contribution is 0.174. The molecule has 0 bridgehead atoms. The molecular weight excluding hydrogens is 370 g/mol. The van der Waals surface area contributed by atoms with Crippen LogP contribution in [0.3, 0.4) is 0 Å². The summed E-state index contributed by atoms with van der Waals surface area (Å²) < 4.78 is 28.4. The molecule has 0 saturated heterocycles. The van der Waals surface area contributed by atoms with Gasteiger partial charge in [0, 0.05) is 21.9 Å². The van der Waals surface area contributed by atoms with Crippen LogP contribution in [0.5, 0.6) is 11.5 Å². The van der Waals surface area contributed by atoms with Gasteiger partial charge in [-0.25, -0.2) is 4.98 Å². The molecule has 0 amide bonds. The zero-order valence-electron chi connectivity index (χ0n) is 12.4. The van der Waals surface area contributed by atoms with Crippen molar-refractivity contribution in [1.29, 1.82) is 0 Å². The minimum absolute atomic E-state index is 0.163. The molecule has 0 N–H and O–H groups in total. The second kappa shape index (κ2) is 6.58. The number of rotatable bonds is 5. The number of thiazole rings is 1. The predicted molar refractivity (Wildman–Crippen MR) is 92.9 cm³/mol. The highest BCUT2D eigenvalue weighted by molar-refractivity contribution is 7.83. The number of aromatic nitrogens is 1. The molecule has 0 radical (unpaired) electrons. The summed E-state index contributed by atoms with van der Waals surface area (Å²) >= 11 is 7.63. The first-order valence-electron chi connectivity index (χ1n) is 7.10. The van der Waals surface area contributed by atoms with E-state index < -0.39 is 10.8 Å². The lowest BCUT2D eigenvalue weighted by atomic mass is 10.2. The molecule has 8 heteroatoms. The quantitative estimate of drug-likeness (QED) is 0.661. The van der Waals surface area contributed by atoms with E-state index in [-0.39, 0.29) is 6.79 Å². The van der Waals surface area contributed by atoms with E-state index in [9.17, 15) is 4.21 Å². The van der Waals surface area contributed by atoms with Crippen LogP contribution in [0.2, 0.25) is 5.02 Å². The average molecular weight is 382 g/mol. The van der Waals surface area contributed by atoms with E-state index in [0.717, 1.165) is 22.0 Å². The van der Waals surface area contributed by atoms with Crippen molar-refractivity contribution in [2.24, 2.45) is 0 Å². The maximum atomic E-state index is 12.4. The predicted octanol–water partition coefficient (Wildman–Crippen LogP) is 4.23. The molecule has 1 aliphatic heterocycles. The van der Waals surface area contributed by atoms with Crippen molar-refractivity contribution < 1.29 is 18.1 Å². The van der Waals surface area contributed by atoms with Crippen LogP contribution in [0.4, 0.5) is 0 Å². The van der Waals surface area contributed by atoms with E-state index in [2.05, 4.69) is 4.98 Å². The standard InChI is InChI=1S/C16H12ClNO4S2/c17-12-4-10(5-14-15(12)22-9-21-14)7-24(19)8-11-6-23-16(18-11)13-2-1-3-20-13/h1-6H,7-9H2/t24-/m1/s1. The normalized spacial score (nSPS) is 14.0. The fourth-order valence-electron chi connectivity index (χ4n) is 2.39. The molecule has 1 atom stereocenters. The Hall–Kier alpha value is -1.83. The fourth-order valence-corrected chi connectivity index (χ4v) is 4.69. The van der Waals surface area contributed by atoms with Crippen molar-refractivity contribution in [3.8, 4) is 22.3 Å². The molecule has 3 aromatic rings. The van der Waals surface area contributed by atoms with Crippen LogP contribution in [-0.4, -0.2) is 16.0 Å². The van der Waals surface area contributed by atoms with Gasteiger partial charge in [0.05, 0.1) is 22.7 Å². The lowest BCUT2D eigenvalue weighted by Crippen LogP contribution is -2.00. The lowest BCUT2D eigenvalue weighted by Gasteiger charge is -2.05. The van der Waals surface area contributed by atoms with Crippen molar-refractivity contribution in [3.05, 3.63) is 52.2 Å². The Morgan fingerprint density at radius 2 is 2.21 bits per heavy atom. The van der Waals surface area contributed by atoms with Gasteiger partial charge >= 0.3 is 0 Å². The SMILES string of the molecule is O=[S@](Cc1cc(Cl)c2c(c1)OCO2)Cc1csc(-c2ccco2)n1. The monoisotopic (exact) mass is 381 g/mol. The van der Waals surface area contributed by atoms with Gasteiger partial charge in [-0.3, -0.25) is 4.21 Å². The summed E-state index contributed by atoms with van der Waals surface area (Å²) in [5.41, 5.74) is 1.64. The van der Waals surface area contributed by atoms with E-state index in [0.29, 0.717) is 28.0 Å². The molecule has 3 heterocycles. The van der Waals surface area contributed by atoms with Crippen LogP contribution in [0, 0.1) is 0 Å². The van der Waals surface area contributed by atoms with Gasteiger partial charge in [0.2, 0.25) is 6.79 Å². The van der Waals surface area contributed by atoms with Crippen molar-refractivity contribution in [2.45, 2.75) is 11.5 Å². The largest absolute Gasteiger partial charge is 0.462 e. The molecule has 4 rings (SSSR count). The first-order valence-corrected chi connectivity index (χ1v) is 9.85. The summed E-state index contributed by atoms with van der Waals surface area (Å²) in [7, 11) is -1.10. The molecule has 0 saturated carbocycles. The number of fused-ring (bicyclic) bond motifs is 1. The summed E-state index contributed by atoms with van der Waals surface area (Å²) in [6.07, 6.45) is 1.61. The maximum absolute atomic E-state index is 12.4. The Morgan fingerprint density at radius 3 is 3.04 bits per heavy atom. The van der Waals surface area contributed by atoms with Crippen LogP contribution < -0.4 is 9.47 Å². The fraction of sp³-hybridized carbons (Fsp3) is 0.188. The zero-order valence-corrected chi connectivity index (χ0v) is 14.7. The Morgan fingerprint density at radius 1 is 1.29 bits per heavy atom. The number of halogens is 1. The molecular formula is C16H12ClNO4S2. The number of ether oxygens (including phenoxy) is 2. The number of hydrogen-bond acceptors (Lipinski definition) is 6. The summed E-state index contributed by atoms with van der Waals surface area (Å²) in [4.78, 5) is 4.47. The summed E-state index contributed by atoms with van der Waals surface area (Å²) in [6.45, 7) is 0.163. The number of hydrogen-bond donors (Lipinski definition) is 0. The summed E-state index contributed by atoms with van der Waals surface area (Å²) in [5, 5.41) is 3.17. The van der Waals surface area contributed by atoms with Crippen molar-refractivity contribution in [2.75, 3.05) is 6.79 Å². The van der Waals surface area contributed by atoms with Crippen LogP contribution in [-0.2, 0) is 22.3 Å². The van der Waals surface area contributed by atoms with Gasteiger partial charge in [0.1, 0.15) is 0 Å². The Bertz CT molecular complexity index is 892. The van der Waals surface area contributed by atoms with E-state index >= 15 is 0 Å². The smallest absolute Gasteiger partial charge is 0.231 e. The Balaban J connectivity index is 1.45. The van der Waals surface area contributed by atoms with E-state index in [1.165, 1.54) is 11.3 Å². The Labute approximate surface area is 149 Å². The molecule has 124 valence electrons. The molecule has 0 spiro atoms. The van der Waals surface area contributed by atoms with Crippen LogP contribution in [0.1, 0.15) is 11.3 Å². The molecule has 1 aliphatic rings. The topological polar surface area (TPSA) is 61.6 Å². The molecule has 1 aromatic carbocycles. The number of nitrogens with zero attached hydrogens (tertiary/aromatic N) is 1. The van der Waals surface area contributed by atoms with E-state index in [4.69, 9.17) is 25.5 Å². The van der Waals surface area contributed by atoms with Crippen LogP contribution in [0.25, 0.3) is 10.8 Å². The highest BCUT2D eigenvalue weighted by Crippen LogP contribution is 2.40. The third-order valence-corrected chi connectivity index (χ3v) is 5.87. The van der Waals surface area contributed by atoms with Gasteiger partial charge in [-0.15, -0.1) is 11.3 Å². The van der Waals surface area contributed by atoms with Gasteiger partial charge < -0.3 is 13.9 Å². The second-order valence-corrected chi connectivity index (χ2v) is 7.88. The van der Waals surface area contributed by atoms with Gasteiger partial charge in [-0.05, 0) is 29.8 Å². The van der Waals surface area contributed by atoms with Crippen molar-refractivity contribution in [3.63, 3.8) is 0 Å². The van der Waals surface area contributed by atoms with Gasteiger partial charge in [0.15, 0.2) is 22.3 Å². The van der Waals surface area contributed by atoms with Crippen LogP contribution >= 0.6 is 22.9 Å². The van der Waals surface area contributed by atoms with Crippen molar-refractivity contribution in [1.82, 2.24) is 4.98 Å². The zero-order chi connectivity index (χ0) is 16.5. The van der Waals surface area contributed by atoms with E-state index in [1.807, 2.05) is 23.6 Å². The highest BCUT2D eigenvalue weighted by Gasteiger charge is 2.19. The van der Waals surface area contributed by atoms with Gasteiger partial charge in [0.25, 0.3) is 0 Å². The highest BCUT2D eigenvalue weighted by atomic mass is 35.5. The molecule has 0 aliphatic carbocycles. The number of benzene rings is 1. The summed E-state index contributed by atoms with van der Waals surface area (Å²) in [5.74, 6) is 2.63. The second-order valence-electron chi connectivity index (χ2n) is 5.16. The Kier molecular flexibility index (Phi) is 4.30.